The van der Waals surface area contributed by atoms with Crippen molar-refractivity contribution in [1.29, 1.82) is 0 Å². The van der Waals surface area contributed by atoms with E-state index in [4.69, 9.17) is 0 Å². The Morgan fingerprint density at radius 1 is 1.11 bits per heavy atom. The molecule has 0 aliphatic carbocycles. The van der Waals surface area contributed by atoms with Gasteiger partial charge in [0.05, 0.1) is 0 Å². The summed E-state index contributed by atoms with van der Waals surface area (Å²) in [6.07, 6.45) is 3.55. The summed E-state index contributed by atoms with van der Waals surface area (Å²) in [6.45, 7) is 4.24. The molecule has 0 unspecified atom stereocenters. The first kappa shape index (κ1) is 14.1. The van der Waals surface area contributed by atoms with Crippen LogP contribution in [-0.4, -0.2) is 26.3 Å². The fourth-order valence-corrected chi connectivity index (χ4v) is 3.02. The van der Waals surface area contributed by atoms with Crippen molar-refractivity contribution in [1.82, 2.24) is 14.8 Å². The van der Waals surface area contributed by atoms with Crippen molar-refractivity contribution in [2.45, 2.75) is 33.1 Å². The topological polar surface area (TPSA) is 30.7 Å². The van der Waals surface area contributed by atoms with Crippen molar-refractivity contribution in [3.63, 3.8) is 0 Å². The molecule has 0 fully saturated rings. The lowest BCUT2D eigenvalue weighted by atomic mass is 10.3. The highest BCUT2D eigenvalue weighted by molar-refractivity contribution is 7.99. The third-order valence-electron chi connectivity index (χ3n) is 3.02. The van der Waals surface area contributed by atoms with Crippen molar-refractivity contribution in [3.8, 4) is 5.69 Å². The van der Waals surface area contributed by atoms with Gasteiger partial charge in [-0.2, -0.15) is 11.8 Å². The molecule has 0 aliphatic rings. The maximum atomic E-state index is 4.31. The number of hydrogen-bond acceptors (Lipinski definition) is 3. The van der Waals surface area contributed by atoms with Crippen LogP contribution in [-0.2, 0) is 6.42 Å². The Hall–Kier alpha value is -1.29. The number of para-hydroxylation sites is 1. The summed E-state index contributed by atoms with van der Waals surface area (Å²) in [5, 5.41) is 8.52. The quantitative estimate of drug-likeness (QED) is 0.723. The highest BCUT2D eigenvalue weighted by Gasteiger charge is 2.09. The summed E-state index contributed by atoms with van der Waals surface area (Å²) in [4.78, 5) is 0. The van der Waals surface area contributed by atoms with Crippen LogP contribution in [0.2, 0.25) is 0 Å². The molecule has 0 amide bonds. The van der Waals surface area contributed by atoms with Gasteiger partial charge in [0.15, 0.2) is 0 Å². The monoisotopic (exact) mass is 275 g/mol. The SMILES string of the molecule is CCCCSCCc1nnc(C)n1-c1ccccc1. The van der Waals surface area contributed by atoms with Crippen LogP contribution in [0.1, 0.15) is 31.4 Å². The largest absolute Gasteiger partial charge is 0.283 e. The number of unbranched alkanes of at least 4 members (excludes halogenated alkanes) is 1. The van der Waals surface area contributed by atoms with E-state index in [1.54, 1.807) is 0 Å². The van der Waals surface area contributed by atoms with Gasteiger partial charge in [-0.25, -0.2) is 0 Å². The molecule has 1 aromatic heterocycles. The first-order chi connectivity index (χ1) is 9.33. The molecule has 3 nitrogen and oxygen atoms in total. The maximum Gasteiger partial charge on any atom is 0.138 e. The first-order valence-electron chi connectivity index (χ1n) is 6.87. The van der Waals surface area contributed by atoms with E-state index in [1.807, 2.05) is 24.8 Å². The second kappa shape index (κ2) is 7.34. The van der Waals surface area contributed by atoms with Crippen molar-refractivity contribution in [2.75, 3.05) is 11.5 Å². The van der Waals surface area contributed by atoms with E-state index in [0.717, 1.165) is 29.5 Å². The van der Waals surface area contributed by atoms with Gasteiger partial charge in [-0.1, -0.05) is 31.5 Å². The molecule has 0 radical (unpaired) electrons. The number of aryl methyl sites for hydroxylation is 2. The molecular formula is C15H21N3S. The lowest BCUT2D eigenvalue weighted by Gasteiger charge is -2.08. The number of thioether (sulfide) groups is 1. The normalized spacial score (nSPS) is 10.8. The maximum absolute atomic E-state index is 4.31. The Balaban J connectivity index is 2.02. The smallest absolute Gasteiger partial charge is 0.138 e. The lowest BCUT2D eigenvalue weighted by Crippen LogP contribution is -2.04. The van der Waals surface area contributed by atoms with Crippen LogP contribution in [0.15, 0.2) is 30.3 Å². The number of hydrogen-bond donors (Lipinski definition) is 0. The first-order valence-corrected chi connectivity index (χ1v) is 8.02. The lowest BCUT2D eigenvalue weighted by molar-refractivity contribution is 0.871. The van der Waals surface area contributed by atoms with E-state index >= 15 is 0 Å². The summed E-state index contributed by atoms with van der Waals surface area (Å²) in [7, 11) is 0. The molecule has 0 N–H and O–H groups in total. The van der Waals surface area contributed by atoms with E-state index < -0.39 is 0 Å². The third-order valence-corrected chi connectivity index (χ3v) is 4.09. The fraction of sp³-hybridized carbons (Fsp3) is 0.467. The number of rotatable bonds is 7. The van der Waals surface area contributed by atoms with Crippen LogP contribution in [0.25, 0.3) is 5.69 Å². The Labute approximate surface area is 119 Å². The van der Waals surface area contributed by atoms with Gasteiger partial charge in [0.1, 0.15) is 11.6 Å². The molecule has 19 heavy (non-hydrogen) atoms. The van der Waals surface area contributed by atoms with Gasteiger partial charge in [-0.05, 0) is 31.2 Å². The third kappa shape index (κ3) is 3.83. The molecule has 0 saturated carbocycles. The van der Waals surface area contributed by atoms with Gasteiger partial charge in [-0.15, -0.1) is 10.2 Å². The fourth-order valence-electron chi connectivity index (χ4n) is 1.99. The Morgan fingerprint density at radius 2 is 1.89 bits per heavy atom. The summed E-state index contributed by atoms with van der Waals surface area (Å²) in [5.74, 6) is 4.38. The number of nitrogens with zero attached hydrogens (tertiary/aromatic N) is 3. The molecule has 0 saturated heterocycles. The Bertz CT molecular complexity index is 493. The van der Waals surface area contributed by atoms with Gasteiger partial charge >= 0.3 is 0 Å². The standard InChI is InChI=1S/C15H21N3S/c1-3-4-11-19-12-10-15-17-16-13(2)18(15)14-8-6-5-7-9-14/h5-9H,3-4,10-12H2,1-2H3. The van der Waals surface area contributed by atoms with Crippen LogP contribution in [0, 0.1) is 6.92 Å². The van der Waals surface area contributed by atoms with E-state index in [1.165, 1.54) is 18.6 Å². The molecule has 0 bridgehead atoms. The van der Waals surface area contributed by atoms with E-state index in [9.17, 15) is 0 Å². The average molecular weight is 275 g/mol. The zero-order valence-electron chi connectivity index (χ0n) is 11.7. The molecule has 1 heterocycles. The van der Waals surface area contributed by atoms with Gasteiger partial charge in [0, 0.05) is 17.9 Å². The Morgan fingerprint density at radius 3 is 2.63 bits per heavy atom. The molecule has 0 atom stereocenters. The minimum atomic E-state index is 0.958. The average Bonchev–Trinajstić information content (AvgIpc) is 2.81. The van der Waals surface area contributed by atoms with Crippen LogP contribution < -0.4 is 0 Å². The summed E-state index contributed by atoms with van der Waals surface area (Å²) >= 11 is 2.00. The van der Waals surface area contributed by atoms with Crippen LogP contribution in [0.5, 0.6) is 0 Å². The summed E-state index contributed by atoms with van der Waals surface area (Å²) < 4.78 is 2.15. The predicted octanol–water partition coefficient (Wildman–Crippen LogP) is 3.65. The van der Waals surface area contributed by atoms with Crippen molar-refractivity contribution >= 4 is 11.8 Å². The van der Waals surface area contributed by atoms with Crippen LogP contribution in [0.4, 0.5) is 0 Å². The second-order valence-electron chi connectivity index (χ2n) is 4.55. The van der Waals surface area contributed by atoms with Crippen LogP contribution in [0.3, 0.4) is 0 Å². The highest BCUT2D eigenvalue weighted by Crippen LogP contribution is 2.14. The van der Waals surface area contributed by atoms with Crippen molar-refractivity contribution in [2.24, 2.45) is 0 Å². The highest BCUT2D eigenvalue weighted by atomic mass is 32.2. The van der Waals surface area contributed by atoms with Crippen LogP contribution >= 0.6 is 11.8 Å². The molecule has 102 valence electrons. The van der Waals surface area contributed by atoms with Gasteiger partial charge in [0.2, 0.25) is 0 Å². The predicted molar refractivity (Wildman–Crippen MR) is 82.0 cm³/mol. The minimum absolute atomic E-state index is 0.958. The van der Waals surface area contributed by atoms with E-state index in [-0.39, 0.29) is 0 Å². The molecule has 0 aliphatic heterocycles. The minimum Gasteiger partial charge on any atom is -0.283 e. The van der Waals surface area contributed by atoms with Gasteiger partial charge in [-0.3, -0.25) is 4.57 Å². The molecular weight excluding hydrogens is 254 g/mol. The Kier molecular flexibility index (Phi) is 5.45. The van der Waals surface area contributed by atoms with E-state index in [2.05, 4.69) is 46.0 Å². The van der Waals surface area contributed by atoms with Crippen molar-refractivity contribution in [3.05, 3.63) is 42.0 Å². The summed E-state index contributed by atoms with van der Waals surface area (Å²) in [6, 6.07) is 10.3. The second-order valence-corrected chi connectivity index (χ2v) is 5.78. The molecule has 2 rings (SSSR count). The van der Waals surface area contributed by atoms with Gasteiger partial charge in [0.25, 0.3) is 0 Å². The zero-order chi connectivity index (χ0) is 13.5. The molecule has 4 heteroatoms. The number of aromatic nitrogens is 3. The number of benzene rings is 1. The van der Waals surface area contributed by atoms with Gasteiger partial charge < -0.3 is 0 Å². The summed E-state index contributed by atoms with van der Waals surface area (Å²) in [5.41, 5.74) is 1.15. The van der Waals surface area contributed by atoms with Crippen molar-refractivity contribution < 1.29 is 0 Å². The van der Waals surface area contributed by atoms with E-state index in [0.29, 0.717) is 0 Å². The molecule has 2 aromatic rings. The zero-order valence-corrected chi connectivity index (χ0v) is 12.5. The molecule has 1 aromatic carbocycles. The molecule has 0 spiro atoms.